The molecule has 164 valence electrons. The number of amides is 1. The molecule has 1 amide bonds. The van der Waals surface area contributed by atoms with Gasteiger partial charge in [-0.1, -0.05) is 0 Å². The largest absolute Gasteiger partial charge is 0.385 e. The van der Waals surface area contributed by atoms with Gasteiger partial charge >= 0.3 is 6.55 Å². The van der Waals surface area contributed by atoms with Crippen LogP contribution in [-0.4, -0.2) is 85.4 Å². The Morgan fingerprint density at radius 2 is 2.17 bits per heavy atom. The lowest BCUT2D eigenvalue weighted by atomic mass is 9.96. The molecular formula is C17H26F2N4O5S. The lowest BCUT2D eigenvalue weighted by molar-refractivity contribution is -0.136. The van der Waals surface area contributed by atoms with E-state index in [0.717, 1.165) is 6.20 Å². The Hall–Kier alpha value is -1.63. The summed E-state index contributed by atoms with van der Waals surface area (Å²) in [6, 6.07) is 0. The van der Waals surface area contributed by atoms with Gasteiger partial charge in [0.2, 0.25) is 15.9 Å². The van der Waals surface area contributed by atoms with Crippen LogP contribution >= 0.6 is 0 Å². The van der Waals surface area contributed by atoms with E-state index in [0.29, 0.717) is 37.3 Å². The molecule has 0 aliphatic carbocycles. The van der Waals surface area contributed by atoms with Crippen LogP contribution in [0.25, 0.3) is 0 Å². The number of hydrogen-bond donors (Lipinski definition) is 0. The maximum absolute atomic E-state index is 13.2. The monoisotopic (exact) mass is 436 g/mol. The summed E-state index contributed by atoms with van der Waals surface area (Å²) in [5, 5.41) is 3.51. The minimum absolute atomic E-state index is 0.00991. The maximum atomic E-state index is 13.2. The van der Waals surface area contributed by atoms with Crippen molar-refractivity contribution in [3.05, 3.63) is 11.9 Å². The third-order valence-electron chi connectivity index (χ3n) is 5.53. The standard InChI is InChI=1S/C17H26F2N4O5S/c1-13-14(10-20-23(13)16(18)19)29(25,26)21-7-4-15(24)22(6-3-8-27-2)17(11-21)5-9-28-12-17/h10,16H,3-9,11-12H2,1-2H3. The molecule has 3 rings (SSSR count). The van der Waals surface area contributed by atoms with Gasteiger partial charge in [0.1, 0.15) is 4.90 Å². The predicted octanol–water partition coefficient (Wildman–Crippen LogP) is 1.01. The van der Waals surface area contributed by atoms with Gasteiger partial charge in [-0.2, -0.15) is 18.2 Å². The average molecular weight is 436 g/mol. The molecule has 1 aromatic heterocycles. The van der Waals surface area contributed by atoms with Crippen molar-refractivity contribution in [3.63, 3.8) is 0 Å². The molecule has 3 heterocycles. The number of carbonyl (C=O) groups excluding carboxylic acids is 1. The minimum Gasteiger partial charge on any atom is -0.385 e. The highest BCUT2D eigenvalue weighted by Gasteiger charge is 2.48. The van der Waals surface area contributed by atoms with Crippen LogP contribution in [0.5, 0.6) is 0 Å². The summed E-state index contributed by atoms with van der Waals surface area (Å²) in [5.74, 6) is -0.149. The molecule has 0 radical (unpaired) electrons. The van der Waals surface area contributed by atoms with Gasteiger partial charge < -0.3 is 14.4 Å². The maximum Gasteiger partial charge on any atom is 0.333 e. The molecule has 1 unspecified atom stereocenters. The van der Waals surface area contributed by atoms with Crippen molar-refractivity contribution >= 4 is 15.9 Å². The van der Waals surface area contributed by atoms with Gasteiger partial charge in [-0.25, -0.2) is 13.1 Å². The number of alkyl halides is 2. The topological polar surface area (TPSA) is 94.0 Å². The van der Waals surface area contributed by atoms with E-state index < -0.39 is 22.1 Å². The van der Waals surface area contributed by atoms with Gasteiger partial charge in [-0.15, -0.1) is 0 Å². The van der Waals surface area contributed by atoms with Crippen molar-refractivity contribution in [1.29, 1.82) is 0 Å². The Bertz CT molecular complexity index is 839. The van der Waals surface area contributed by atoms with E-state index in [1.807, 2.05) is 0 Å². The van der Waals surface area contributed by atoms with E-state index in [-0.39, 0.29) is 42.6 Å². The van der Waals surface area contributed by atoms with Crippen LogP contribution in [0.2, 0.25) is 0 Å². The number of nitrogens with zero attached hydrogens (tertiary/aromatic N) is 4. The lowest BCUT2D eigenvalue weighted by Gasteiger charge is -2.40. The number of carbonyl (C=O) groups is 1. The fourth-order valence-electron chi connectivity index (χ4n) is 3.98. The molecule has 2 aliphatic heterocycles. The zero-order chi connectivity index (χ0) is 21.2. The van der Waals surface area contributed by atoms with E-state index in [1.165, 1.54) is 11.2 Å². The molecule has 1 spiro atoms. The van der Waals surface area contributed by atoms with Gasteiger partial charge in [0.25, 0.3) is 0 Å². The summed E-state index contributed by atoms with van der Waals surface area (Å²) < 4.78 is 64.8. The number of halogens is 2. The first kappa shape index (κ1) is 22.1. The summed E-state index contributed by atoms with van der Waals surface area (Å²) >= 11 is 0. The number of sulfonamides is 1. The Labute approximate surface area is 168 Å². The molecule has 0 aromatic carbocycles. The fraction of sp³-hybridized carbons (Fsp3) is 0.765. The molecule has 2 saturated heterocycles. The second-order valence-electron chi connectivity index (χ2n) is 7.32. The van der Waals surface area contributed by atoms with Crippen molar-refractivity contribution in [3.8, 4) is 0 Å². The molecule has 12 heteroatoms. The Balaban J connectivity index is 1.92. The van der Waals surface area contributed by atoms with Gasteiger partial charge in [-0.05, 0) is 19.8 Å². The smallest absolute Gasteiger partial charge is 0.333 e. The lowest BCUT2D eigenvalue weighted by Crippen LogP contribution is -2.57. The van der Waals surface area contributed by atoms with Crippen LogP contribution in [0.4, 0.5) is 8.78 Å². The number of hydrogen-bond acceptors (Lipinski definition) is 6. The molecule has 2 aliphatic rings. The summed E-state index contributed by atoms with van der Waals surface area (Å²) in [4.78, 5) is 14.3. The number of ether oxygens (including phenoxy) is 2. The van der Waals surface area contributed by atoms with E-state index in [4.69, 9.17) is 9.47 Å². The van der Waals surface area contributed by atoms with Crippen molar-refractivity contribution in [2.24, 2.45) is 0 Å². The number of methoxy groups -OCH3 is 1. The van der Waals surface area contributed by atoms with Crippen LogP contribution in [0.15, 0.2) is 11.1 Å². The van der Waals surface area contributed by atoms with Gasteiger partial charge in [0.05, 0.1) is 24.0 Å². The molecule has 0 N–H and O–H groups in total. The van der Waals surface area contributed by atoms with E-state index in [1.54, 1.807) is 12.0 Å². The average Bonchev–Trinajstić information content (AvgIpc) is 3.26. The Morgan fingerprint density at radius 3 is 2.76 bits per heavy atom. The molecule has 0 saturated carbocycles. The predicted molar refractivity (Wildman–Crippen MR) is 98.0 cm³/mol. The second kappa shape index (κ2) is 8.62. The molecule has 2 fully saturated rings. The van der Waals surface area contributed by atoms with Crippen LogP contribution < -0.4 is 0 Å². The van der Waals surface area contributed by atoms with Gasteiger partial charge in [0, 0.05) is 46.4 Å². The van der Waals surface area contributed by atoms with Crippen LogP contribution in [0, 0.1) is 6.92 Å². The summed E-state index contributed by atoms with van der Waals surface area (Å²) in [6.07, 6.45) is 2.08. The van der Waals surface area contributed by atoms with E-state index >= 15 is 0 Å². The first-order chi connectivity index (χ1) is 13.7. The number of aromatic nitrogens is 2. The summed E-state index contributed by atoms with van der Waals surface area (Å²) in [7, 11) is -2.53. The van der Waals surface area contributed by atoms with Crippen LogP contribution in [-0.2, 0) is 24.3 Å². The first-order valence-corrected chi connectivity index (χ1v) is 10.9. The molecule has 1 atom stereocenters. The van der Waals surface area contributed by atoms with Crippen molar-refractivity contribution in [1.82, 2.24) is 19.0 Å². The first-order valence-electron chi connectivity index (χ1n) is 9.42. The van der Waals surface area contributed by atoms with E-state index in [2.05, 4.69) is 5.10 Å². The molecular weight excluding hydrogens is 410 g/mol. The number of rotatable bonds is 7. The zero-order valence-electron chi connectivity index (χ0n) is 16.5. The normalized spacial score (nSPS) is 24.0. The van der Waals surface area contributed by atoms with Crippen LogP contribution in [0.1, 0.15) is 31.5 Å². The molecule has 0 bridgehead atoms. The van der Waals surface area contributed by atoms with Gasteiger partial charge in [-0.3, -0.25) is 4.79 Å². The van der Waals surface area contributed by atoms with Crippen molar-refractivity contribution < 1.29 is 31.5 Å². The highest BCUT2D eigenvalue weighted by atomic mass is 32.2. The third kappa shape index (κ3) is 4.16. The quantitative estimate of drug-likeness (QED) is 0.592. The third-order valence-corrected chi connectivity index (χ3v) is 7.48. The highest BCUT2D eigenvalue weighted by molar-refractivity contribution is 7.89. The SMILES string of the molecule is COCCCN1C(=O)CCN(S(=O)(=O)c2cnn(C(F)F)c2C)CC12CCOC2. The molecule has 29 heavy (non-hydrogen) atoms. The van der Waals surface area contributed by atoms with Crippen molar-refractivity contribution in [2.45, 2.75) is 43.2 Å². The minimum atomic E-state index is -4.11. The molecule has 1 aromatic rings. The van der Waals surface area contributed by atoms with Crippen LogP contribution in [0.3, 0.4) is 0 Å². The summed E-state index contributed by atoms with van der Waals surface area (Å²) in [6.45, 7) is -0.0506. The zero-order valence-corrected chi connectivity index (χ0v) is 17.3. The second-order valence-corrected chi connectivity index (χ2v) is 9.23. The highest BCUT2D eigenvalue weighted by Crippen LogP contribution is 2.34. The Morgan fingerprint density at radius 1 is 1.41 bits per heavy atom. The van der Waals surface area contributed by atoms with E-state index in [9.17, 15) is 22.0 Å². The summed E-state index contributed by atoms with van der Waals surface area (Å²) in [5.41, 5.74) is -0.912. The van der Waals surface area contributed by atoms with Gasteiger partial charge in [0.15, 0.2) is 0 Å². The fourth-order valence-corrected chi connectivity index (χ4v) is 5.64. The molecule has 9 nitrogen and oxygen atoms in total. The Kier molecular flexibility index (Phi) is 6.56. The van der Waals surface area contributed by atoms with Crippen molar-refractivity contribution in [2.75, 3.05) is 46.6 Å².